The van der Waals surface area contributed by atoms with Crippen molar-refractivity contribution in [1.82, 2.24) is 10.6 Å². The minimum Gasteiger partial charge on any atom is -0.383 e. The van der Waals surface area contributed by atoms with E-state index >= 15 is 0 Å². The molecule has 4 heteroatoms. The predicted molar refractivity (Wildman–Crippen MR) is 75.7 cm³/mol. The van der Waals surface area contributed by atoms with E-state index in [1.807, 2.05) is 0 Å². The molecule has 1 amide bonds. The van der Waals surface area contributed by atoms with Gasteiger partial charge in [0.25, 0.3) is 0 Å². The van der Waals surface area contributed by atoms with Gasteiger partial charge < -0.3 is 15.4 Å². The highest BCUT2D eigenvalue weighted by Crippen LogP contribution is 2.08. The maximum Gasteiger partial charge on any atom is 0.233 e. The Morgan fingerprint density at radius 3 is 2.50 bits per heavy atom. The largest absolute Gasteiger partial charge is 0.383 e. The summed E-state index contributed by atoms with van der Waals surface area (Å²) in [5.74, 6) is 0.885. The zero-order valence-corrected chi connectivity index (χ0v) is 12.3. The number of amides is 1. The minimum absolute atomic E-state index is 0.0771. The van der Waals surface area contributed by atoms with Gasteiger partial charge >= 0.3 is 0 Å². The van der Waals surface area contributed by atoms with Crippen LogP contribution in [-0.2, 0) is 9.53 Å². The lowest BCUT2D eigenvalue weighted by molar-refractivity contribution is -0.120. The number of nitrogens with one attached hydrogen (secondary N) is 2. The van der Waals surface area contributed by atoms with Crippen LogP contribution in [0.4, 0.5) is 0 Å². The molecule has 0 aliphatic carbocycles. The summed E-state index contributed by atoms with van der Waals surface area (Å²) in [5, 5.41) is 5.94. The topological polar surface area (TPSA) is 50.4 Å². The quantitative estimate of drug-likeness (QED) is 0.526. The SMILES string of the molecule is COCCNCC(=O)NCCCCCCC(C)C. The Kier molecular flexibility index (Phi) is 12.4. The zero-order chi connectivity index (χ0) is 13.6. The lowest BCUT2D eigenvalue weighted by Crippen LogP contribution is -2.35. The number of carbonyl (C=O) groups excluding carboxylic acids is 1. The van der Waals surface area contributed by atoms with Gasteiger partial charge in [-0.2, -0.15) is 0 Å². The number of ether oxygens (including phenoxy) is 1. The maximum atomic E-state index is 11.4. The summed E-state index contributed by atoms with van der Waals surface area (Å²) in [7, 11) is 1.65. The first-order chi connectivity index (χ1) is 8.66. The summed E-state index contributed by atoms with van der Waals surface area (Å²) in [5.41, 5.74) is 0. The summed E-state index contributed by atoms with van der Waals surface area (Å²) in [6.45, 7) is 7.07. The van der Waals surface area contributed by atoms with E-state index in [9.17, 15) is 4.79 Å². The van der Waals surface area contributed by atoms with Gasteiger partial charge in [-0.15, -0.1) is 0 Å². The van der Waals surface area contributed by atoms with E-state index in [4.69, 9.17) is 4.74 Å². The first-order valence-corrected chi connectivity index (χ1v) is 7.13. The summed E-state index contributed by atoms with van der Waals surface area (Å²) in [4.78, 5) is 11.4. The van der Waals surface area contributed by atoms with Crippen LogP contribution >= 0.6 is 0 Å². The zero-order valence-electron chi connectivity index (χ0n) is 12.3. The first-order valence-electron chi connectivity index (χ1n) is 7.13. The van der Waals surface area contributed by atoms with Gasteiger partial charge in [0.2, 0.25) is 5.91 Å². The van der Waals surface area contributed by atoms with Crippen molar-refractivity contribution >= 4 is 5.91 Å². The van der Waals surface area contributed by atoms with Gasteiger partial charge in [-0.1, -0.05) is 39.5 Å². The summed E-state index contributed by atoms with van der Waals surface area (Å²) in [6.07, 6.45) is 6.20. The van der Waals surface area contributed by atoms with E-state index in [1.54, 1.807) is 7.11 Å². The number of carbonyl (C=O) groups is 1. The van der Waals surface area contributed by atoms with Crippen LogP contribution in [0.5, 0.6) is 0 Å². The minimum atomic E-state index is 0.0771. The van der Waals surface area contributed by atoms with Crippen LogP contribution in [0, 0.1) is 5.92 Å². The maximum absolute atomic E-state index is 11.4. The van der Waals surface area contributed by atoms with Crippen LogP contribution in [0.15, 0.2) is 0 Å². The molecule has 0 aromatic heterocycles. The van der Waals surface area contributed by atoms with Crippen molar-refractivity contribution < 1.29 is 9.53 Å². The number of hydrogen-bond acceptors (Lipinski definition) is 3. The fraction of sp³-hybridized carbons (Fsp3) is 0.929. The molecule has 108 valence electrons. The summed E-state index contributed by atoms with van der Waals surface area (Å²) >= 11 is 0. The second-order valence-corrected chi connectivity index (χ2v) is 5.12. The summed E-state index contributed by atoms with van der Waals surface area (Å²) in [6, 6.07) is 0. The van der Waals surface area contributed by atoms with Crippen LogP contribution in [0.1, 0.15) is 46.0 Å². The fourth-order valence-electron chi connectivity index (χ4n) is 1.70. The van der Waals surface area contributed by atoms with E-state index in [-0.39, 0.29) is 5.91 Å². The molecule has 0 aliphatic rings. The van der Waals surface area contributed by atoms with Gasteiger partial charge in [-0.05, 0) is 12.3 Å². The van der Waals surface area contributed by atoms with Crippen molar-refractivity contribution in [2.75, 3.05) is 33.4 Å². The third-order valence-electron chi connectivity index (χ3n) is 2.80. The Bertz CT molecular complexity index is 196. The van der Waals surface area contributed by atoms with E-state index in [0.717, 1.165) is 25.4 Å². The highest BCUT2D eigenvalue weighted by atomic mass is 16.5. The highest BCUT2D eigenvalue weighted by Gasteiger charge is 1.99. The van der Waals surface area contributed by atoms with E-state index in [1.165, 1.54) is 25.7 Å². The number of unbranched alkanes of at least 4 members (excludes halogenated alkanes) is 3. The van der Waals surface area contributed by atoms with Crippen LogP contribution < -0.4 is 10.6 Å². The van der Waals surface area contributed by atoms with Gasteiger partial charge in [-0.25, -0.2) is 0 Å². The standard InChI is InChI=1S/C14H30N2O2/c1-13(2)8-6-4-5-7-9-16-14(17)12-15-10-11-18-3/h13,15H,4-12H2,1-3H3,(H,16,17). The van der Waals surface area contributed by atoms with Crippen LogP contribution in [0.25, 0.3) is 0 Å². The number of methoxy groups -OCH3 is 1. The smallest absolute Gasteiger partial charge is 0.233 e. The highest BCUT2D eigenvalue weighted by molar-refractivity contribution is 5.77. The van der Waals surface area contributed by atoms with Gasteiger partial charge in [-0.3, -0.25) is 4.79 Å². The average molecular weight is 258 g/mol. The van der Waals surface area contributed by atoms with Crippen molar-refractivity contribution in [3.8, 4) is 0 Å². The van der Waals surface area contributed by atoms with Crippen molar-refractivity contribution in [3.05, 3.63) is 0 Å². The molecule has 0 spiro atoms. The number of hydrogen-bond donors (Lipinski definition) is 2. The van der Waals surface area contributed by atoms with Gasteiger partial charge in [0.1, 0.15) is 0 Å². The molecule has 0 bridgehead atoms. The van der Waals surface area contributed by atoms with E-state index < -0.39 is 0 Å². The third-order valence-corrected chi connectivity index (χ3v) is 2.80. The van der Waals surface area contributed by atoms with Gasteiger partial charge in [0, 0.05) is 20.2 Å². The Balaban J connectivity index is 3.15. The molecule has 0 fully saturated rings. The second-order valence-electron chi connectivity index (χ2n) is 5.12. The van der Waals surface area contributed by atoms with Crippen LogP contribution in [0.3, 0.4) is 0 Å². The third kappa shape index (κ3) is 13.5. The van der Waals surface area contributed by atoms with Crippen LogP contribution in [-0.4, -0.2) is 39.3 Å². The predicted octanol–water partition coefficient (Wildman–Crippen LogP) is 1.95. The monoisotopic (exact) mass is 258 g/mol. The molecule has 0 rings (SSSR count). The normalized spacial score (nSPS) is 10.9. The fourth-order valence-corrected chi connectivity index (χ4v) is 1.70. The molecule has 2 N–H and O–H groups in total. The molecule has 0 heterocycles. The Morgan fingerprint density at radius 1 is 1.11 bits per heavy atom. The molecule has 0 aromatic rings. The summed E-state index contributed by atoms with van der Waals surface area (Å²) < 4.78 is 4.88. The Morgan fingerprint density at radius 2 is 1.83 bits per heavy atom. The van der Waals surface area contributed by atoms with Crippen molar-refractivity contribution in [2.24, 2.45) is 5.92 Å². The average Bonchev–Trinajstić information content (AvgIpc) is 2.33. The van der Waals surface area contributed by atoms with Crippen molar-refractivity contribution in [3.63, 3.8) is 0 Å². The Hall–Kier alpha value is -0.610. The molecule has 0 aromatic carbocycles. The lowest BCUT2D eigenvalue weighted by Gasteiger charge is -2.07. The second kappa shape index (κ2) is 12.8. The molecule has 18 heavy (non-hydrogen) atoms. The molecular weight excluding hydrogens is 228 g/mol. The molecular formula is C14H30N2O2. The van der Waals surface area contributed by atoms with Gasteiger partial charge in [0.15, 0.2) is 0 Å². The molecule has 0 saturated heterocycles. The molecule has 0 saturated carbocycles. The number of rotatable bonds is 12. The lowest BCUT2D eigenvalue weighted by atomic mass is 10.0. The van der Waals surface area contributed by atoms with Crippen molar-refractivity contribution in [1.29, 1.82) is 0 Å². The van der Waals surface area contributed by atoms with E-state index in [0.29, 0.717) is 13.2 Å². The first kappa shape index (κ1) is 17.4. The van der Waals surface area contributed by atoms with Gasteiger partial charge in [0.05, 0.1) is 13.2 Å². The van der Waals surface area contributed by atoms with Crippen LogP contribution in [0.2, 0.25) is 0 Å². The molecule has 4 nitrogen and oxygen atoms in total. The van der Waals surface area contributed by atoms with E-state index in [2.05, 4.69) is 24.5 Å². The Labute approximate surface area is 112 Å². The molecule has 0 aliphatic heterocycles. The molecule has 0 atom stereocenters. The van der Waals surface area contributed by atoms with Crippen molar-refractivity contribution in [2.45, 2.75) is 46.0 Å². The molecule has 0 radical (unpaired) electrons. The molecule has 0 unspecified atom stereocenters.